The number of rotatable bonds is 5. The van der Waals surface area contributed by atoms with Gasteiger partial charge in [0.05, 0.1) is 6.61 Å². The molecule has 0 fully saturated rings. The van der Waals surface area contributed by atoms with E-state index in [-0.39, 0.29) is 6.42 Å². The predicted octanol–water partition coefficient (Wildman–Crippen LogP) is -0.351. The first kappa shape index (κ1) is 10.4. The Kier molecular flexibility index (Phi) is 5.78. The topological polar surface area (TPSA) is 72.5 Å². The fourth-order valence-electron chi connectivity index (χ4n) is 0.575. The van der Waals surface area contributed by atoms with E-state index >= 15 is 0 Å². The molecule has 0 aliphatic carbocycles. The smallest absolute Gasteiger partial charge is 0.335 e. The number of aliphatic hydroxyl groups excluding tert-OH is 1. The van der Waals surface area contributed by atoms with Gasteiger partial charge in [-0.05, 0) is 19.4 Å². The maximum absolute atomic E-state index is 10.8. The van der Waals surface area contributed by atoms with E-state index in [1.54, 1.807) is 0 Å². The Morgan fingerprint density at radius 2 is 2.36 bits per heavy atom. The second-order valence-electron chi connectivity index (χ2n) is 2.26. The summed E-state index contributed by atoms with van der Waals surface area (Å²) in [6, 6.07) is 0. The SMILES string of the molecule is CCCOC(=O)[C@@H](O)CCN. The van der Waals surface area contributed by atoms with Crippen LogP contribution in [0, 0.1) is 0 Å². The molecule has 0 heterocycles. The lowest BCUT2D eigenvalue weighted by Gasteiger charge is -2.07. The van der Waals surface area contributed by atoms with Gasteiger partial charge in [0.1, 0.15) is 0 Å². The van der Waals surface area contributed by atoms with Crippen molar-refractivity contribution >= 4 is 5.97 Å². The van der Waals surface area contributed by atoms with Crippen LogP contribution in [0.3, 0.4) is 0 Å². The Bertz CT molecular complexity index is 116. The van der Waals surface area contributed by atoms with Crippen molar-refractivity contribution in [1.29, 1.82) is 0 Å². The van der Waals surface area contributed by atoms with E-state index in [1.165, 1.54) is 0 Å². The highest BCUT2D eigenvalue weighted by atomic mass is 16.5. The molecule has 4 heteroatoms. The summed E-state index contributed by atoms with van der Waals surface area (Å²) in [6.45, 7) is 2.55. The molecule has 0 aliphatic rings. The molecule has 3 N–H and O–H groups in total. The zero-order valence-corrected chi connectivity index (χ0v) is 6.75. The van der Waals surface area contributed by atoms with Crippen molar-refractivity contribution in [2.75, 3.05) is 13.2 Å². The lowest BCUT2D eigenvalue weighted by Crippen LogP contribution is -2.25. The van der Waals surface area contributed by atoms with E-state index < -0.39 is 12.1 Å². The summed E-state index contributed by atoms with van der Waals surface area (Å²) in [5, 5.41) is 8.99. The summed E-state index contributed by atoms with van der Waals surface area (Å²) >= 11 is 0. The molecule has 0 aliphatic heterocycles. The van der Waals surface area contributed by atoms with Gasteiger partial charge < -0.3 is 15.6 Å². The Balaban J connectivity index is 3.47. The van der Waals surface area contributed by atoms with Crippen molar-refractivity contribution in [3.05, 3.63) is 0 Å². The van der Waals surface area contributed by atoms with Gasteiger partial charge in [-0.3, -0.25) is 0 Å². The average Bonchev–Trinajstić information content (AvgIpc) is 2.00. The molecule has 1 atom stereocenters. The van der Waals surface area contributed by atoms with Crippen molar-refractivity contribution in [2.24, 2.45) is 5.73 Å². The van der Waals surface area contributed by atoms with Gasteiger partial charge in [-0.25, -0.2) is 4.79 Å². The summed E-state index contributed by atoms with van der Waals surface area (Å²) in [6.07, 6.45) is -0.0181. The van der Waals surface area contributed by atoms with E-state index in [0.717, 1.165) is 6.42 Å². The molecule has 0 saturated carbocycles. The summed E-state index contributed by atoms with van der Waals surface area (Å²) in [7, 11) is 0. The van der Waals surface area contributed by atoms with Crippen molar-refractivity contribution < 1.29 is 14.6 Å². The van der Waals surface area contributed by atoms with E-state index in [9.17, 15) is 4.79 Å². The molecule has 0 bridgehead atoms. The first-order valence-corrected chi connectivity index (χ1v) is 3.77. The molecule has 0 aromatic heterocycles. The minimum atomic E-state index is -1.05. The number of hydrogen-bond donors (Lipinski definition) is 2. The molecule has 0 aromatic rings. The molecule has 0 rings (SSSR count). The quantitative estimate of drug-likeness (QED) is 0.540. The van der Waals surface area contributed by atoms with Gasteiger partial charge in [-0.15, -0.1) is 0 Å². The van der Waals surface area contributed by atoms with Crippen LogP contribution in [0.2, 0.25) is 0 Å². The van der Waals surface area contributed by atoms with Gasteiger partial charge in [0.25, 0.3) is 0 Å². The Hall–Kier alpha value is -0.610. The van der Waals surface area contributed by atoms with Gasteiger partial charge >= 0.3 is 5.97 Å². The van der Waals surface area contributed by atoms with Crippen LogP contribution in [0.4, 0.5) is 0 Å². The minimum absolute atomic E-state index is 0.266. The van der Waals surface area contributed by atoms with Crippen LogP contribution in [0.1, 0.15) is 19.8 Å². The maximum atomic E-state index is 10.8. The van der Waals surface area contributed by atoms with E-state index in [2.05, 4.69) is 4.74 Å². The van der Waals surface area contributed by atoms with Crippen LogP contribution < -0.4 is 5.73 Å². The third-order valence-electron chi connectivity index (χ3n) is 1.16. The van der Waals surface area contributed by atoms with E-state index in [0.29, 0.717) is 13.2 Å². The summed E-state index contributed by atoms with van der Waals surface area (Å²) in [4.78, 5) is 10.8. The average molecular weight is 161 g/mol. The molecule has 0 unspecified atom stereocenters. The van der Waals surface area contributed by atoms with Crippen molar-refractivity contribution in [3.63, 3.8) is 0 Å². The van der Waals surface area contributed by atoms with E-state index in [4.69, 9.17) is 10.8 Å². The van der Waals surface area contributed by atoms with Crippen LogP contribution in [0.5, 0.6) is 0 Å². The Morgan fingerprint density at radius 1 is 1.73 bits per heavy atom. The molecule has 4 nitrogen and oxygen atoms in total. The zero-order valence-electron chi connectivity index (χ0n) is 6.75. The van der Waals surface area contributed by atoms with Crippen LogP contribution in [0.25, 0.3) is 0 Å². The first-order chi connectivity index (χ1) is 5.22. The molecule has 0 spiro atoms. The maximum Gasteiger partial charge on any atom is 0.335 e. The van der Waals surface area contributed by atoms with Crippen molar-refractivity contribution in [3.8, 4) is 0 Å². The third-order valence-corrected chi connectivity index (χ3v) is 1.16. The molecule has 66 valence electrons. The van der Waals surface area contributed by atoms with Crippen LogP contribution in [-0.2, 0) is 9.53 Å². The number of hydrogen-bond acceptors (Lipinski definition) is 4. The lowest BCUT2D eigenvalue weighted by molar-refractivity contribution is -0.153. The fraction of sp³-hybridized carbons (Fsp3) is 0.857. The highest BCUT2D eigenvalue weighted by Gasteiger charge is 2.14. The summed E-state index contributed by atoms with van der Waals surface area (Å²) in [5.41, 5.74) is 5.13. The standard InChI is InChI=1S/C7H15NO3/c1-2-5-11-7(10)6(9)3-4-8/h6,9H,2-5,8H2,1H3/t6-/m0/s1. The number of esters is 1. The second kappa shape index (κ2) is 6.12. The van der Waals surface area contributed by atoms with Crippen LogP contribution >= 0.6 is 0 Å². The summed E-state index contributed by atoms with van der Waals surface area (Å²) < 4.78 is 4.66. The third kappa shape index (κ3) is 4.75. The molecule has 0 radical (unpaired) electrons. The van der Waals surface area contributed by atoms with Gasteiger partial charge in [-0.1, -0.05) is 6.92 Å². The number of nitrogens with two attached hydrogens (primary N) is 1. The number of carbonyl (C=O) groups excluding carboxylic acids is 1. The number of aliphatic hydroxyl groups is 1. The number of ether oxygens (including phenoxy) is 1. The zero-order chi connectivity index (χ0) is 8.69. The largest absolute Gasteiger partial charge is 0.464 e. The second-order valence-corrected chi connectivity index (χ2v) is 2.26. The Morgan fingerprint density at radius 3 is 2.82 bits per heavy atom. The Labute approximate surface area is 66.3 Å². The monoisotopic (exact) mass is 161 g/mol. The first-order valence-electron chi connectivity index (χ1n) is 3.77. The molecule has 0 amide bonds. The van der Waals surface area contributed by atoms with Gasteiger partial charge in [0.2, 0.25) is 0 Å². The van der Waals surface area contributed by atoms with Gasteiger partial charge in [0.15, 0.2) is 6.10 Å². The van der Waals surface area contributed by atoms with Crippen LogP contribution in [-0.4, -0.2) is 30.3 Å². The molecule has 0 saturated heterocycles. The lowest BCUT2D eigenvalue weighted by atomic mass is 10.2. The van der Waals surface area contributed by atoms with Gasteiger partial charge in [-0.2, -0.15) is 0 Å². The molecule has 0 aromatic carbocycles. The molecular formula is C7H15NO3. The predicted molar refractivity (Wildman–Crippen MR) is 40.9 cm³/mol. The number of carbonyl (C=O) groups is 1. The van der Waals surface area contributed by atoms with E-state index in [1.807, 2.05) is 6.92 Å². The minimum Gasteiger partial charge on any atom is -0.464 e. The highest BCUT2D eigenvalue weighted by Crippen LogP contribution is 1.93. The molecular weight excluding hydrogens is 146 g/mol. The van der Waals surface area contributed by atoms with Gasteiger partial charge in [0, 0.05) is 0 Å². The fourth-order valence-corrected chi connectivity index (χ4v) is 0.575. The summed E-state index contributed by atoms with van der Waals surface area (Å²) in [5.74, 6) is -0.572. The normalized spacial score (nSPS) is 12.6. The highest BCUT2D eigenvalue weighted by molar-refractivity contribution is 5.74. The van der Waals surface area contributed by atoms with Crippen molar-refractivity contribution in [1.82, 2.24) is 0 Å². The van der Waals surface area contributed by atoms with Crippen molar-refractivity contribution in [2.45, 2.75) is 25.9 Å². The molecule has 11 heavy (non-hydrogen) atoms. The van der Waals surface area contributed by atoms with Crippen LogP contribution in [0.15, 0.2) is 0 Å².